The van der Waals surface area contributed by atoms with Crippen LogP contribution in [0, 0.1) is 11.3 Å². The SMILES string of the molecule is CCC1(CNC(=O)C2CC3CCCCC3N2)CCC1.Cl. The molecule has 3 fully saturated rings. The van der Waals surface area contributed by atoms with Crippen molar-refractivity contribution in [1.29, 1.82) is 0 Å². The van der Waals surface area contributed by atoms with E-state index in [1.165, 1.54) is 51.4 Å². The zero-order chi connectivity index (χ0) is 13.3. The summed E-state index contributed by atoms with van der Waals surface area (Å²) < 4.78 is 0. The van der Waals surface area contributed by atoms with Crippen LogP contribution in [0.15, 0.2) is 0 Å². The molecule has 0 bridgehead atoms. The van der Waals surface area contributed by atoms with Crippen molar-refractivity contribution in [2.75, 3.05) is 6.54 Å². The van der Waals surface area contributed by atoms with Crippen LogP contribution in [0.3, 0.4) is 0 Å². The summed E-state index contributed by atoms with van der Waals surface area (Å²) in [6.07, 6.45) is 11.5. The molecule has 0 aromatic carbocycles. The van der Waals surface area contributed by atoms with Crippen LogP contribution in [0.25, 0.3) is 0 Å². The van der Waals surface area contributed by atoms with Crippen LogP contribution in [0.4, 0.5) is 0 Å². The number of halogens is 1. The molecule has 3 nitrogen and oxygen atoms in total. The van der Waals surface area contributed by atoms with Crippen LogP contribution in [-0.2, 0) is 4.79 Å². The molecule has 1 heterocycles. The van der Waals surface area contributed by atoms with E-state index >= 15 is 0 Å². The van der Waals surface area contributed by atoms with E-state index in [2.05, 4.69) is 17.6 Å². The number of nitrogens with one attached hydrogen (secondary N) is 2. The Kier molecular flexibility index (Phi) is 5.36. The average Bonchev–Trinajstić information content (AvgIpc) is 2.81. The quantitative estimate of drug-likeness (QED) is 0.838. The Bertz CT molecular complexity index is 324. The molecule has 20 heavy (non-hydrogen) atoms. The lowest BCUT2D eigenvalue weighted by Crippen LogP contribution is -2.48. The minimum Gasteiger partial charge on any atom is -0.354 e. The van der Waals surface area contributed by atoms with Crippen LogP contribution in [0.1, 0.15) is 64.7 Å². The van der Waals surface area contributed by atoms with Gasteiger partial charge in [-0.2, -0.15) is 0 Å². The van der Waals surface area contributed by atoms with Crippen molar-refractivity contribution in [3.8, 4) is 0 Å². The summed E-state index contributed by atoms with van der Waals surface area (Å²) in [6, 6.07) is 0.704. The Morgan fingerprint density at radius 2 is 2.00 bits per heavy atom. The third-order valence-corrected chi connectivity index (χ3v) is 5.98. The smallest absolute Gasteiger partial charge is 0.237 e. The van der Waals surface area contributed by atoms with E-state index in [4.69, 9.17) is 0 Å². The van der Waals surface area contributed by atoms with E-state index in [1.807, 2.05) is 0 Å². The van der Waals surface area contributed by atoms with Gasteiger partial charge in [0.1, 0.15) is 0 Å². The summed E-state index contributed by atoms with van der Waals surface area (Å²) in [4.78, 5) is 12.3. The average molecular weight is 301 g/mol. The van der Waals surface area contributed by atoms with Crippen LogP contribution >= 0.6 is 12.4 Å². The Morgan fingerprint density at radius 1 is 1.25 bits per heavy atom. The maximum absolute atomic E-state index is 12.3. The molecule has 3 aliphatic rings. The van der Waals surface area contributed by atoms with Gasteiger partial charge in [0.2, 0.25) is 5.91 Å². The Labute approximate surface area is 129 Å². The maximum Gasteiger partial charge on any atom is 0.237 e. The first kappa shape index (κ1) is 16.1. The number of hydrogen-bond donors (Lipinski definition) is 2. The van der Waals surface area contributed by atoms with Gasteiger partial charge in [0, 0.05) is 12.6 Å². The largest absolute Gasteiger partial charge is 0.354 e. The van der Waals surface area contributed by atoms with Crippen molar-refractivity contribution in [3.63, 3.8) is 0 Å². The highest BCUT2D eigenvalue weighted by Gasteiger charge is 2.40. The second-order valence-electron chi connectivity index (χ2n) is 7.03. The fraction of sp³-hybridized carbons (Fsp3) is 0.938. The highest BCUT2D eigenvalue weighted by molar-refractivity contribution is 5.85. The topological polar surface area (TPSA) is 41.1 Å². The molecule has 3 rings (SSSR count). The first-order valence-corrected chi connectivity index (χ1v) is 8.26. The fourth-order valence-electron chi connectivity index (χ4n) is 4.25. The number of carbonyl (C=O) groups is 1. The summed E-state index contributed by atoms with van der Waals surface area (Å²) in [5.41, 5.74) is 0.432. The molecule has 2 aliphatic carbocycles. The third-order valence-electron chi connectivity index (χ3n) is 5.98. The lowest BCUT2D eigenvalue weighted by molar-refractivity contribution is -0.123. The van der Waals surface area contributed by atoms with E-state index < -0.39 is 0 Å². The molecule has 0 spiro atoms. The monoisotopic (exact) mass is 300 g/mol. The highest BCUT2D eigenvalue weighted by atomic mass is 35.5. The van der Waals surface area contributed by atoms with E-state index in [0.29, 0.717) is 11.5 Å². The molecule has 2 N–H and O–H groups in total. The van der Waals surface area contributed by atoms with Gasteiger partial charge in [-0.1, -0.05) is 26.2 Å². The second kappa shape index (κ2) is 6.65. The molecule has 0 radical (unpaired) electrons. The van der Waals surface area contributed by atoms with Gasteiger partial charge < -0.3 is 10.6 Å². The molecule has 0 aromatic heterocycles. The Hall–Kier alpha value is -0.280. The number of carbonyl (C=O) groups excluding carboxylic acids is 1. The van der Waals surface area contributed by atoms with Gasteiger partial charge >= 0.3 is 0 Å². The van der Waals surface area contributed by atoms with Crippen LogP contribution in [0.5, 0.6) is 0 Å². The van der Waals surface area contributed by atoms with Crippen molar-refractivity contribution < 1.29 is 4.79 Å². The third kappa shape index (κ3) is 3.14. The summed E-state index contributed by atoms with van der Waals surface area (Å²) in [5, 5.41) is 6.80. The maximum atomic E-state index is 12.3. The van der Waals surface area contributed by atoms with Gasteiger partial charge in [-0.25, -0.2) is 0 Å². The van der Waals surface area contributed by atoms with Gasteiger partial charge in [-0.05, 0) is 49.9 Å². The van der Waals surface area contributed by atoms with E-state index in [0.717, 1.165) is 18.9 Å². The van der Waals surface area contributed by atoms with Gasteiger partial charge in [0.25, 0.3) is 0 Å². The van der Waals surface area contributed by atoms with Crippen molar-refractivity contribution in [2.24, 2.45) is 11.3 Å². The zero-order valence-corrected chi connectivity index (χ0v) is 13.4. The molecule has 3 unspecified atom stereocenters. The number of fused-ring (bicyclic) bond motifs is 1. The number of hydrogen-bond acceptors (Lipinski definition) is 2. The minimum absolute atomic E-state index is 0. The van der Waals surface area contributed by atoms with Crippen LogP contribution in [0.2, 0.25) is 0 Å². The molecule has 2 saturated carbocycles. The fourth-order valence-corrected chi connectivity index (χ4v) is 4.25. The van der Waals surface area contributed by atoms with Gasteiger partial charge in [0.05, 0.1) is 6.04 Å². The molecule has 1 aliphatic heterocycles. The van der Waals surface area contributed by atoms with E-state index in [-0.39, 0.29) is 24.4 Å². The van der Waals surface area contributed by atoms with Gasteiger partial charge in [-0.15, -0.1) is 12.4 Å². The normalized spacial score (nSPS) is 34.5. The molecule has 116 valence electrons. The molecule has 0 aromatic rings. The van der Waals surface area contributed by atoms with Crippen molar-refractivity contribution in [3.05, 3.63) is 0 Å². The predicted molar refractivity (Wildman–Crippen MR) is 84.1 cm³/mol. The second-order valence-corrected chi connectivity index (χ2v) is 7.03. The highest BCUT2D eigenvalue weighted by Crippen LogP contribution is 2.43. The lowest BCUT2D eigenvalue weighted by atomic mass is 9.67. The van der Waals surface area contributed by atoms with Gasteiger partial charge in [-0.3, -0.25) is 4.79 Å². The summed E-state index contributed by atoms with van der Waals surface area (Å²) in [6.45, 7) is 3.16. The number of amides is 1. The summed E-state index contributed by atoms with van der Waals surface area (Å²) in [5.74, 6) is 1.02. The summed E-state index contributed by atoms with van der Waals surface area (Å²) in [7, 11) is 0. The van der Waals surface area contributed by atoms with E-state index in [1.54, 1.807) is 0 Å². The van der Waals surface area contributed by atoms with Crippen molar-refractivity contribution in [1.82, 2.24) is 10.6 Å². The molecule has 1 saturated heterocycles. The molecule has 3 atom stereocenters. The molecule has 1 amide bonds. The van der Waals surface area contributed by atoms with Gasteiger partial charge in [0.15, 0.2) is 0 Å². The van der Waals surface area contributed by atoms with Crippen molar-refractivity contribution >= 4 is 18.3 Å². The van der Waals surface area contributed by atoms with Crippen LogP contribution in [-0.4, -0.2) is 24.5 Å². The van der Waals surface area contributed by atoms with E-state index in [9.17, 15) is 4.79 Å². The lowest BCUT2D eigenvalue weighted by Gasteiger charge is -2.41. The molecular formula is C16H29ClN2O. The first-order valence-electron chi connectivity index (χ1n) is 8.26. The Morgan fingerprint density at radius 3 is 2.60 bits per heavy atom. The standard InChI is InChI=1S/C16H28N2O.ClH/c1-2-16(8-5-9-16)11-17-15(19)14-10-12-6-3-4-7-13(12)18-14;/h12-14,18H,2-11H2,1H3,(H,17,19);1H. The van der Waals surface area contributed by atoms with Crippen LogP contribution < -0.4 is 10.6 Å². The summed E-state index contributed by atoms with van der Waals surface area (Å²) >= 11 is 0. The Balaban J connectivity index is 0.00000147. The zero-order valence-electron chi connectivity index (χ0n) is 12.6. The predicted octanol–water partition coefficient (Wildman–Crippen LogP) is 3.03. The molecular weight excluding hydrogens is 272 g/mol. The molecule has 4 heteroatoms. The minimum atomic E-state index is 0. The number of rotatable bonds is 4. The van der Waals surface area contributed by atoms with Crippen molar-refractivity contribution in [2.45, 2.75) is 76.8 Å². The first-order chi connectivity index (χ1) is 9.22.